The first kappa shape index (κ1) is 21.5. The van der Waals surface area contributed by atoms with Crippen molar-refractivity contribution in [1.29, 1.82) is 0 Å². The second-order valence-corrected chi connectivity index (χ2v) is 8.55. The Morgan fingerprint density at radius 3 is 2.50 bits per heavy atom. The van der Waals surface area contributed by atoms with E-state index in [0.29, 0.717) is 11.3 Å². The monoisotopic (exact) mass is 429 g/mol. The van der Waals surface area contributed by atoms with Crippen LogP contribution in [-0.4, -0.2) is 44.1 Å². The van der Waals surface area contributed by atoms with Crippen LogP contribution in [-0.2, 0) is 19.6 Å². The molecular formula is C20H23N5O4S. The zero-order valence-corrected chi connectivity index (χ0v) is 17.6. The number of sulfonamides is 1. The summed E-state index contributed by atoms with van der Waals surface area (Å²) in [5, 5.41) is 6.50. The van der Waals surface area contributed by atoms with Gasteiger partial charge in [0.25, 0.3) is 11.8 Å². The molecule has 2 amide bonds. The minimum absolute atomic E-state index is 0.0166. The van der Waals surface area contributed by atoms with E-state index in [1.165, 1.54) is 22.0 Å². The highest BCUT2D eigenvalue weighted by atomic mass is 32.2. The number of hydrazine groups is 1. The summed E-state index contributed by atoms with van der Waals surface area (Å²) < 4.78 is 23.3. The SMILES string of the molecule is CC1N=C(C(=O)N(C)C(C)c2cccc(S(N)(=O)=O)c2)NN(c2ccccc2)C1=O. The third kappa shape index (κ3) is 4.34. The molecule has 2 unspecified atom stereocenters. The first-order chi connectivity index (χ1) is 14.1. The number of primary sulfonamides is 1. The van der Waals surface area contributed by atoms with Crippen LogP contribution in [0.25, 0.3) is 0 Å². The van der Waals surface area contributed by atoms with Crippen molar-refractivity contribution >= 4 is 33.4 Å². The number of anilines is 1. The van der Waals surface area contributed by atoms with E-state index in [0.717, 1.165) is 0 Å². The molecule has 30 heavy (non-hydrogen) atoms. The van der Waals surface area contributed by atoms with Gasteiger partial charge in [-0.15, -0.1) is 0 Å². The van der Waals surface area contributed by atoms with Crippen LogP contribution in [0, 0.1) is 0 Å². The fourth-order valence-corrected chi connectivity index (χ4v) is 3.58. The standard InChI is InChI=1S/C20H23N5O4S/c1-13-19(26)25(16-9-5-4-6-10-16)23-18(22-13)20(27)24(3)14(2)15-8-7-11-17(12-15)30(21,28)29/h4-14H,1-3H3,(H,22,23)(H2,21,28,29). The molecule has 1 heterocycles. The lowest BCUT2D eigenvalue weighted by molar-refractivity contribution is -0.125. The van der Waals surface area contributed by atoms with E-state index in [2.05, 4.69) is 10.4 Å². The van der Waals surface area contributed by atoms with Crippen molar-refractivity contribution in [2.75, 3.05) is 12.1 Å². The Morgan fingerprint density at radius 1 is 1.20 bits per heavy atom. The largest absolute Gasteiger partial charge is 0.332 e. The molecule has 0 saturated heterocycles. The maximum Gasteiger partial charge on any atom is 0.290 e. The fraction of sp³-hybridized carbons (Fsp3) is 0.250. The van der Waals surface area contributed by atoms with Gasteiger partial charge in [0.1, 0.15) is 6.04 Å². The van der Waals surface area contributed by atoms with Gasteiger partial charge in [-0.2, -0.15) is 0 Å². The second-order valence-electron chi connectivity index (χ2n) is 6.98. The number of nitrogens with zero attached hydrogens (tertiary/aromatic N) is 3. The lowest BCUT2D eigenvalue weighted by Crippen LogP contribution is -2.58. The predicted molar refractivity (Wildman–Crippen MR) is 113 cm³/mol. The smallest absolute Gasteiger partial charge is 0.290 e. The molecule has 2 aromatic carbocycles. The van der Waals surface area contributed by atoms with Crippen LogP contribution >= 0.6 is 0 Å². The zero-order chi connectivity index (χ0) is 22.1. The summed E-state index contributed by atoms with van der Waals surface area (Å²) >= 11 is 0. The Morgan fingerprint density at radius 2 is 1.87 bits per heavy atom. The van der Waals surface area contributed by atoms with Crippen LogP contribution in [0.3, 0.4) is 0 Å². The minimum atomic E-state index is -3.86. The van der Waals surface area contributed by atoms with E-state index in [9.17, 15) is 18.0 Å². The van der Waals surface area contributed by atoms with Crippen molar-refractivity contribution in [3.63, 3.8) is 0 Å². The fourth-order valence-electron chi connectivity index (χ4n) is 3.02. The molecule has 1 aliphatic rings. The van der Waals surface area contributed by atoms with Gasteiger partial charge in [0.2, 0.25) is 15.9 Å². The highest BCUT2D eigenvalue weighted by Crippen LogP contribution is 2.23. The number of hydrogen-bond donors (Lipinski definition) is 2. The highest BCUT2D eigenvalue weighted by molar-refractivity contribution is 7.89. The minimum Gasteiger partial charge on any atom is -0.332 e. The first-order valence-electron chi connectivity index (χ1n) is 9.23. The Labute approximate surface area is 175 Å². The molecule has 2 aromatic rings. The van der Waals surface area contributed by atoms with Crippen molar-refractivity contribution in [1.82, 2.24) is 10.3 Å². The van der Waals surface area contributed by atoms with Crippen molar-refractivity contribution in [3.05, 3.63) is 60.2 Å². The maximum atomic E-state index is 13.1. The van der Waals surface area contributed by atoms with E-state index in [1.807, 2.05) is 6.07 Å². The summed E-state index contributed by atoms with van der Waals surface area (Å²) in [5.41, 5.74) is 3.98. The summed E-state index contributed by atoms with van der Waals surface area (Å²) in [6.07, 6.45) is 0. The Kier molecular flexibility index (Phi) is 5.90. The number of amidine groups is 1. The van der Waals surface area contributed by atoms with Crippen LogP contribution in [0.1, 0.15) is 25.5 Å². The lowest BCUT2D eigenvalue weighted by Gasteiger charge is -2.33. The van der Waals surface area contributed by atoms with E-state index in [-0.39, 0.29) is 16.6 Å². The molecule has 0 fully saturated rings. The van der Waals surface area contributed by atoms with E-state index in [1.54, 1.807) is 57.3 Å². The number of nitrogens with one attached hydrogen (secondary N) is 1. The molecule has 9 nitrogen and oxygen atoms in total. The molecular weight excluding hydrogens is 406 g/mol. The van der Waals surface area contributed by atoms with E-state index >= 15 is 0 Å². The molecule has 0 bridgehead atoms. The molecule has 158 valence electrons. The summed E-state index contributed by atoms with van der Waals surface area (Å²) in [6.45, 7) is 3.37. The van der Waals surface area contributed by atoms with Gasteiger partial charge in [-0.05, 0) is 43.7 Å². The van der Waals surface area contributed by atoms with Gasteiger partial charge in [-0.1, -0.05) is 30.3 Å². The summed E-state index contributed by atoms with van der Waals surface area (Å²) in [5.74, 6) is -0.707. The van der Waals surface area contributed by atoms with Crippen LogP contribution in [0.4, 0.5) is 5.69 Å². The van der Waals surface area contributed by atoms with Crippen molar-refractivity contribution in [3.8, 4) is 0 Å². The molecule has 1 aliphatic heterocycles. The summed E-state index contributed by atoms with van der Waals surface area (Å²) in [4.78, 5) is 31.2. The third-order valence-electron chi connectivity index (χ3n) is 4.91. The molecule has 0 spiro atoms. The Balaban J connectivity index is 1.85. The molecule has 0 aliphatic carbocycles. The number of benzene rings is 2. The van der Waals surface area contributed by atoms with Crippen LogP contribution in [0.5, 0.6) is 0 Å². The first-order valence-corrected chi connectivity index (χ1v) is 10.8. The molecule has 0 radical (unpaired) electrons. The van der Waals surface area contributed by atoms with Crippen LogP contribution < -0.4 is 15.6 Å². The number of para-hydroxylation sites is 1. The number of amides is 2. The number of nitrogens with two attached hydrogens (primary N) is 1. The summed E-state index contributed by atoms with van der Waals surface area (Å²) in [6, 6.07) is 13.8. The van der Waals surface area contributed by atoms with Gasteiger partial charge < -0.3 is 4.90 Å². The number of likely N-dealkylation sites (N-methyl/N-ethyl adjacent to an activating group) is 1. The van der Waals surface area contributed by atoms with Gasteiger partial charge >= 0.3 is 0 Å². The van der Waals surface area contributed by atoms with E-state index < -0.39 is 28.0 Å². The van der Waals surface area contributed by atoms with Crippen molar-refractivity contribution in [2.24, 2.45) is 10.1 Å². The highest BCUT2D eigenvalue weighted by Gasteiger charge is 2.33. The number of hydrogen-bond acceptors (Lipinski definition) is 6. The molecule has 2 atom stereocenters. The van der Waals surface area contributed by atoms with Crippen LogP contribution in [0.15, 0.2) is 64.5 Å². The molecule has 10 heteroatoms. The number of carbonyl (C=O) groups is 2. The summed E-state index contributed by atoms with van der Waals surface area (Å²) in [7, 11) is -2.28. The van der Waals surface area contributed by atoms with Crippen molar-refractivity contribution < 1.29 is 18.0 Å². The topological polar surface area (TPSA) is 125 Å². The van der Waals surface area contributed by atoms with E-state index in [4.69, 9.17) is 5.14 Å². The maximum absolute atomic E-state index is 13.1. The normalized spacial score (nSPS) is 17.7. The second kappa shape index (κ2) is 8.25. The lowest BCUT2D eigenvalue weighted by atomic mass is 10.1. The Bertz CT molecular complexity index is 1100. The van der Waals surface area contributed by atoms with Gasteiger partial charge in [0.15, 0.2) is 0 Å². The third-order valence-corrected chi connectivity index (χ3v) is 5.82. The average molecular weight is 430 g/mol. The number of rotatable bonds is 5. The molecule has 0 saturated carbocycles. The average Bonchev–Trinajstić information content (AvgIpc) is 2.74. The number of carbonyl (C=O) groups excluding carboxylic acids is 2. The quantitative estimate of drug-likeness (QED) is 0.739. The zero-order valence-electron chi connectivity index (χ0n) is 16.8. The molecule has 3 rings (SSSR count). The van der Waals surface area contributed by atoms with Gasteiger partial charge in [0, 0.05) is 7.05 Å². The van der Waals surface area contributed by atoms with Gasteiger partial charge in [-0.25, -0.2) is 23.6 Å². The van der Waals surface area contributed by atoms with Gasteiger partial charge in [-0.3, -0.25) is 15.0 Å². The number of aliphatic imine (C=N–C) groups is 1. The van der Waals surface area contributed by atoms with Crippen molar-refractivity contribution in [2.45, 2.75) is 30.8 Å². The van der Waals surface area contributed by atoms with Gasteiger partial charge in [0.05, 0.1) is 16.6 Å². The molecule has 0 aromatic heterocycles. The molecule has 3 N–H and O–H groups in total. The van der Waals surface area contributed by atoms with Crippen LogP contribution in [0.2, 0.25) is 0 Å². The Hall–Kier alpha value is -3.24. The predicted octanol–water partition coefficient (Wildman–Crippen LogP) is 1.19.